The van der Waals surface area contributed by atoms with Gasteiger partial charge in [-0.05, 0) is 44.5 Å². The maximum atomic E-state index is 5.47. The molecule has 1 rings (SSSR count). The fourth-order valence-electron chi connectivity index (χ4n) is 1.40. The van der Waals surface area contributed by atoms with Crippen LogP contribution < -0.4 is 5.32 Å². The zero-order chi connectivity index (χ0) is 11.8. The van der Waals surface area contributed by atoms with Gasteiger partial charge in [-0.25, -0.2) is 0 Å². The van der Waals surface area contributed by atoms with Gasteiger partial charge in [0.15, 0.2) is 0 Å². The second-order valence-corrected chi connectivity index (χ2v) is 5.00. The number of nitrogens with one attached hydrogen (secondary N) is 1. The lowest BCUT2D eigenvalue weighted by Gasteiger charge is -2.08. The highest BCUT2D eigenvalue weighted by Gasteiger charge is 1.95. The molecular formula is C13H20BrNO. The van der Waals surface area contributed by atoms with Crippen molar-refractivity contribution in [2.24, 2.45) is 0 Å². The van der Waals surface area contributed by atoms with Crippen LogP contribution in [0.15, 0.2) is 28.7 Å². The van der Waals surface area contributed by atoms with Gasteiger partial charge in [0.1, 0.15) is 0 Å². The third-order valence-corrected chi connectivity index (χ3v) is 2.66. The number of ether oxygens (including phenoxy) is 1. The van der Waals surface area contributed by atoms with Gasteiger partial charge in [-0.3, -0.25) is 0 Å². The second kappa shape index (κ2) is 7.82. The number of rotatable bonds is 7. The van der Waals surface area contributed by atoms with Crippen molar-refractivity contribution in [1.82, 2.24) is 5.32 Å². The smallest absolute Gasteiger partial charge is 0.0518 e. The molecule has 1 aromatic carbocycles. The van der Waals surface area contributed by atoms with Crippen LogP contribution in [0.4, 0.5) is 0 Å². The zero-order valence-corrected chi connectivity index (χ0v) is 11.6. The van der Waals surface area contributed by atoms with Gasteiger partial charge >= 0.3 is 0 Å². The minimum Gasteiger partial charge on any atom is -0.379 e. The molecule has 0 aliphatic carbocycles. The molecule has 0 spiro atoms. The molecule has 1 N–H and O–H groups in total. The predicted molar refractivity (Wildman–Crippen MR) is 71.6 cm³/mol. The van der Waals surface area contributed by atoms with E-state index < -0.39 is 0 Å². The summed E-state index contributed by atoms with van der Waals surface area (Å²) in [5.74, 6) is 0. The molecule has 0 aliphatic heterocycles. The highest BCUT2D eigenvalue weighted by Crippen LogP contribution is 2.11. The average Bonchev–Trinajstić information content (AvgIpc) is 2.23. The van der Waals surface area contributed by atoms with Gasteiger partial charge in [0.25, 0.3) is 0 Å². The van der Waals surface area contributed by atoms with Crippen molar-refractivity contribution in [3.63, 3.8) is 0 Å². The van der Waals surface area contributed by atoms with Gasteiger partial charge in [0, 0.05) is 17.6 Å². The predicted octanol–water partition coefficient (Wildman–Crippen LogP) is 3.35. The van der Waals surface area contributed by atoms with Crippen LogP contribution in [-0.4, -0.2) is 19.3 Å². The van der Waals surface area contributed by atoms with Gasteiger partial charge < -0.3 is 10.1 Å². The van der Waals surface area contributed by atoms with Crippen molar-refractivity contribution in [1.29, 1.82) is 0 Å². The maximum absolute atomic E-state index is 5.47. The van der Waals surface area contributed by atoms with Gasteiger partial charge in [-0.1, -0.05) is 28.1 Å². The molecular weight excluding hydrogens is 266 g/mol. The van der Waals surface area contributed by atoms with Crippen molar-refractivity contribution < 1.29 is 4.74 Å². The third-order valence-electron chi connectivity index (χ3n) is 2.17. The summed E-state index contributed by atoms with van der Waals surface area (Å²) in [7, 11) is 0. The van der Waals surface area contributed by atoms with Crippen LogP contribution in [0, 0.1) is 0 Å². The van der Waals surface area contributed by atoms with Crippen LogP contribution in [0.1, 0.15) is 25.8 Å². The fourth-order valence-corrected chi connectivity index (χ4v) is 1.84. The van der Waals surface area contributed by atoms with Crippen LogP contribution in [0.25, 0.3) is 0 Å². The lowest BCUT2D eigenvalue weighted by molar-refractivity contribution is 0.0770. The summed E-state index contributed by atoms with van der Waals surface area (Å²) >= 11 is 3.46. The highest BCUT2D eigenvalue weighted by molar-refractivity contribution is 9.10. The van der Waals surface area contributed by atoms with Gasteiger partial charge in [0.05, 0.1) is 6.10 Å². The quantitative estimate of drug-likeness (QED) is 0.776. The van der Waals surface area contributed by atoms with E-state index >= 15 is 0 Å². The lowest BCUT2D eigenvalue weighted by Crippen LogP contribution is -2.17. The Hall–Kier alpha value is -0.380. The summed E-state index contributed by atoms with van der Waals surface area (Å²) in [6.07, 6.45) is 1.40. The summed E-state index contributed by atoms with van der Waals surface area (Å²) in [6.45, 7) is 6.88. The van der Waals surface area contributed by atoms with E-state index in [1.54, 1.807) is 0 Å². The van der Waals surface area contributed by atoms with E-state index in [1.807, 2.05) is 6.07 Å². The van der Waals surface area contributed by atoms with Gasteiger partial charge in [-0.2, -0.15) is 0 Å². The summed E-state index contributed by atoms with van der Waals surface area (Å²) in [4.78, 5) is 0. The van der Waals surface area contributed by atoms with Gasteiger partial charge in [-0.15, -0.1) is 0 Å². The molecule has 0 aliphatic rings. The van der Waals surface area contributed by atoms with Crippen molar-refractivity contribution in [2.45, 2.75) is 32.9 Å². The Kier molecular flexibility index (Phi) is 6.69. The molecule has 0 radical (unpaired) electrons. The van der Waals surface area contributed by atoms with E-state index in [1.165, 1.54) is 5.56 Å². The third kappa shape index (κ3) is 6.26. The van der Waals surface area contributed by atoms with Crippen LogP contribution in [-0.2, 0) is 11.3 Å². The van der Waals surface area contributed by atoms with E-state index in [0.29, 0.717) is 6.10 Å². The summed E-state index contributed by atoms with van der Waals surface area (Å²) in [6, 6.07) is 8.36. The van der Waals surface area contributed by atoms with Crippen LogP contribution in [0.5, 0.6) is 0 Å². The number of hydrogen-bond donors (Lipinski definition) is 1. The first-order chi connectivity index (χ1) is 7.68. The van der Waals surface area contributed by atoms with Crippen LogP contribution in [0.2, 0.25) is 0 Å². The molecule has 0 saturated heterocycles. The topological polar surface area (TPSA) is 21.3 Å². The molecule has 2 nitrogen and oxygen atoms in total. The molecule has 3 heteroatoms. The molecule has 0 heterocycles. The Morgan fingerprint density at radius 2 is 2.19 bits per heavy atom. The van der Waals surface area contributed by atoms with Crippen molar-refractivity contribution >= 4 is 15.9 Å². The van der Waals surface area contributed by atoms with E-state index in [-0.39, 0.29) is 0 Å². The van der Waals surface area contributed by atoms with Crippen LogP contribution >= 0.6 is 15.9 Å². The molecule has 0 fully saturated rings. The molecule has 0 unspecified atom stereocenters. The minimum atomic E-state index is 0.338. The molecule has 0 aromatic heterocycles. The summed E-state index contributed by atoms with van der Waals surface area (Å²) in [5, 5.41) is 3.40. The molecule has 0 atom stereocenters. The molecule has 1 aromatic rings. The van der Waals surface area contributed by atoms with Crippen molar-refractivity contribution in [2.75, 3.05) is 13.2 Å². The fraction of sp³-hybridized carbons (Fsp3) is 0.538. The Balaban J connectivity index is 2.07. The van der Waals surface area contributed by atoms with E-state index in [9.17, 15) is 0 Å². The Morgan fingerprint density at radius 3 is 2.88 bits per heavy atom. The SMILES string of the molecule is CC(C)OCCCNCc1cccc(Br)c1. The Morgan fingerprint density at radius 1 is 1.38 bits per heavy atom. The minimum absolute atomic E-state index is 0.338. The summed E-state index contributed by atoms with van der Waals surface area (Å²) in [5.41, 5.74) is 1.30. The molecule has 0 saturated carbocycles. The molecule has 90 valence electrons. The summed E-state index contributed by atoms with van der Waals surface area (Å²) < 4.78 is 6.60. The zero-order valence-electron chi connectivity index (χ0n) is 10.0. The Bertz CT molecular complexity index is 302. The van der Waals surface area contributed by atoms with Gasteiger partial charge in [0.2, 0.25) is 0 Å². The largest absolute Gasteiger partial charge is 0.379 e. The first-order valence-electron chi connectivity index (χ1n) is 5.75. The number of halogens is 1. The molecule has 0 amide bonds. The van der Waals surface area contributed by atoms with Crippen LogP contribution in [0.3, 0.4) is 0 Å². The normalized spacial score (nSPS) is 11.0. The monoisotopic (exact) mass is 285 g/mol. The van der Waals surface area contributed by atoms with E-state index in [2.05, 4.69) is 53.3 Å². The number of benzene rings is 1. The first-order valence-corrected chi connectivity index (χ1v) is 6.54. The van der Waals surface area contributed by atoms with E-state index in [0.717, 1.165) is 30.6 Å². The van der Waals surface area contributed by atoms with Crippen molar-refractivity contribution in [3.8, 4) is 0 Å². The highest BCUT2D eigenvalue weighted by atomic mass is 79.9. The number of hydrogen-bond acceptors (Lipinski definition) is 2. The molecule has 0 bridgehead atoms. The molecule has 16 heavy (non-hydrogen) atoms. The van der Waals surface area contributed by atoms with Crippen molar-refractivity contribution in [3.05, 3.63) is 34.3 Å². The standard InChI is InChI=1S/C13H20BrNO/c1-11(2)16-8-4-7-15-10-12-5-3-6-13(14)9-12/h3,5-6,9,11,15H,4,7-8,10H2,1-2H3. The second-order valence-electron chi connectivity index (χ2n) is 4.08. The van der Waals surface area contributed by atoms with E-state index in [4.69, 9.17) is 4.74 Å². The first kappa shape index (κ1) is 13.7. The Labute approximate surface area is 107 Å². The average molecular weight is 286 g/mol. The lowest BCUT2D eigenvalue weighted by atomic mass is 10.2. The maximum Gasteiger partial charge on any atom is 0.0518 e.